The van der Waals surface area contributed by atoms with E-state index in [0.717, 1.165) is 37.1 Å². The summed E-state index contributed by atoms with van der Waals surface area (Å²) in [6.07, 6.45) is 6.39. The first kappa shape index (κ1) is 15.5. The minimum Gasteiger partial charge on any atom is -0.314 e. The lowest BCUT2D eigenvalue weighted by molar-refractivity contribution is 0.380. The highest BCUT2D eigenvalue weighted by atomic mass is 32.2. The monoisotopic (exact) mass is 328 g/mol. The van der Waals surface area contributed by atoms with Crippen LogP contribution in [0.2, 0.25) is 0 Å². The summed E-state index contributed by atoms with van der Waals surface area (Å²) in [6.45, 7) is 3.70. The van der Waals surface area contributed by atoms with Crippen LogP contribution in [0.5, 0.6) is 0 Å². The second-order valence-electron chi connectivity index (χ2n) is 6.02. The molecular weight excluding hydrogens is 304 g/mol. The molecule has 1 aliphatic carbocycles. The van der Waals surface area contributed by atoms with Gasteiger partial charge in [0.25, 0.3) is 10.0 Å². The maximum atomic E-state index is 12.7. The number of hydrogen-bond donors (Lipinski definition) is 1. The van der Waals surface area contributed by atoms with Crippen LogP contribution in [0.4, 0.5) is 0 Å². The number of nitrogens with zero attached hydrogens (tertiary/aromatic N) is 1. The van der Waals surface area contributed by atoms with Gasteiger partial charge in [-0.2, -0.15) is 4.31 Å². The molecule has 0 spiro atoms. The van der Waals surface area contributed by atoms with Gasteiger partial charge in [0.05, 0.1) is 0 Å². The van der Waals surface area contributed by atoms with Crippen LogP contribution in [0, 0.1) is 0 Å². The highest BCUT2D eigenvalue weighted by Gasteiger charge is 2.35. The molecule has 1 aliphatic heterocycles. The van der Waals surface area contributed by atoms with Crippen LogP contribution >= 0.6 is 11.3 Å². The number of thiophene rings is 1. The quantitative estimate of drug-likeness (QED) is 0.837. The first-order chi connectivity index (χ1) is 10.1. The Hall–Kier alpha value is -0.430. The van der Waals surface area contributed by atoms with Crippen LogP contribution in [0.1, 0.15) is 43.9 Å². The second kappa shape index (κ2) is 6.36. The van der Waals surface area contributed by atoms with Gasteiger partial charge in [-0.3, -0.25) is 0 Å². The average molecular weight is 329 g/mol. The van der Waals surface area contributed by atoms with E-state index in [1.54, 1.807) is 10.4 Å². The van der Waals surface area contributed by atoms with E-state index in [4.69, 9.17) is 0 Å². The Morgan fingerprint density at radius 1 is 1.33 bits per heavy atom. The fourth-order valence-electron chi connectivity index (χ4n) is 2.97. The average Bonchev–Trinajstić information content (AvgIpc) is 2.97. The zero-order valence-corrected chi connectivity index (χ0v) is 14.2. The highest BCUT2D eigenvalue weighted by molar-refractivity contribution is 7.91. The molecule has 3 rings (SSSR count). The standard InChI is InChI=1S/C15H24N2O2S2/c1-2-13-4-3-11-17(13)21(18,19)15-8-7-14(20-15)9-10-16-12-5-6-12/h7-8,12-13,16H,2-6,9-11H2,1H3. The molecule has 1 aromatic rings. The normalized spacial score (nSPS) is 23.8. The van der Waals surface area contributed by atoms with Gasteiger partial charge in [0, 0.05) is 30.1 Å². The second-order valence-corrected chi connectivity index (χ2v) is 9.30. The summed E-state index contributed by atoms with van der Waals surface area (Å²) in [5.41, 5.74) is 0. The lowest BCUT2D eigenvalue weighted by Gasteiger charge is -2.21. The Kier molecular flexibility index (Phi) is 4.69. The molecule has 4 nitrogen and oxygen atoms in total. The summed E-state index contributed by atoms with van der Waals surface area (Å²) in [6, 6.07) is 4.67. The molecule has 0 radical (unpaired) electrons. The van der Waals surface area contributed by atoms with Crippen LogP contribution < -0.4 is 5.32 Å². The third-order valence-corrected chi connectivity index (χ3v) is 7.94. The Morgan fingerprint density at radius 2 is 2.14 bits per heavy atom. The van der Waals surface area contributed by atoms with Crippen LogP contribution in [-0.4, -0.2) is 37.9 Å². The van der Waals surface area contributed by atoms with Gasteiger partial charge >= 0.3 is 0 Å². The fourth-order valence-corrected chi connectivity index (χ4v) is 6.22. The number of sulfonamides is 1. The molecule has 1 atom stereocenters. The van der Waals surface area contributed by atoms with Gasteiger partial charge in [-0.05, 0) is 50.7 Å². The van der Waals surface area contributed by atoms with Crippen molar-refractivity contribution in [2.24, 2.45) is 0 Å². The van der Waals surface area contributed by atoms with Crippen molar-refractivity contribution in [1.82, 2.24) is 9.62 Å². The van der Waals surface area contributed by atoms with Gasteiger partial charge in [0.1, 0.15) is 4.21 Å². The summed E-state index contributed by atoms with van der Waals surface area (Å²) >= 11 is 1.44. The molecule has 0 bridgehead atoms. The largest absolute Gasteiger partial charge is 0.314 e. The van der Waals surface area contributed by atoms with Crippen molar-refractivity contribution in [3.63, 3.8) is 0 Å². The summed E-state index contributed by atoms with van der Waals surface area (Å²) in [7, 11) is -3.28. The highest BCUT2D eigenvalue weighted by Crippen LogP contribution is 2.31. The molecule has 1 aromatic heterocycles. The molecule has 2 aliphatic rings. The van der Waals surface area contributed by atoms with Crippen molar-refractivity contribution in [1.29, 1.82) is 0 Å². The van der Waals surface area contributed by atoms with Crippen molar-refractivity contribution in [2.75, 3.05) is 13.1 Å². The topological polar surface area (TPSA) is 49.4 Å². The van der Waals surface area contributed by atoms with Crippen molar-refractivity contribution in [2.45, 2.75) is 61.7 Å². The number of rotatable bonds is 7. The van der Waals surface area contributed by atoms with E-state index >= 15 is 0 Å². The molecule has 0 aromatic carbocycles. The molecule has 1 saturated carbocycles. The van der Waals surface area contributed by atoms with E-state index in [-0.39, 0.29) is 6.04 Å². The molecule has 6 heteroatoms. The summed E-state index contributed by atoms with van der Waals surface area (Å²) in [5.74, 6) is 0. The van der Waals surface area contributed by atoms with E-state index in [1.807, 2.05) is 6.07 Å². The fraction of sp³-hybridized carbons (Fsp3) is 0.733. The van der Waals surface area contributed by atoms with Gasteiger partial charge in [0.15, 0.2) is 0 Å². The van der Waals surface area contributed by atoms with E-state index in [9.17, 15) is 8.42 Å². The first-order valence-corrected chi connectivity index (χ1v) is 10.2. The van der Waals surface area contributed by atoms with E-state index in [2.05, 4.69) is 12.2 Å². The maximum absolute atomic E-state index is 12.7. The molecule has 1 saturated heterocycles. The molecule has 1 unspecified atom stereocenters. The molecule has 1 N–H and O–H groups in total. The summed E-state index contributed by atoms with van der Waals surface area (Å²) in [5, 5.41) is 3.47. The molecule has 2 fully saturated rings. The summed E-state index contributed by atoms with van der Waals surface area (Å²) in [4.78, 5) is 1.16. The Balaban J connectivity index is 1.65. The van der Waals surface area contributed by atoms with Gasteiger partial charge < -0.3 is 5.32 Å². The minimum absolute atomic E-state index is 0.192. The van der Waals surface area contributed by atoms with Gasteiger partial charge in [0.2, 0.25) is 0 Å². The van der Waals surface area contributed by atoms with Crippen molar-refractivity contribution >= 4 is 21.4 Å². The molecular formula is C15H24N2O2S2. The van der Waals surface area contributed by atoms with Crippen molar-refractivity contribution < 1.29 is 8.42 Å². The van der Waals surface area contributed by atoms with Crippen molar-refractivity contribution in [3.05, 3.63) is 17.0 Å². The third kappa shape index (κ3) is 3.50. The molecule has 0 amide bonds. The predicted molar refractivity (Wildman–Crippen MR) is 86.3 cm³/mol. The van der Waals surface area contributed by atoms with E-state index < -0.39 is 10.0 Å². The predicted octanol–water partition coefficient (Wildman–Crippen LogP) is 2.61. The van der Waals surface area contributed by atoms with E-state index in [1.165, 1.54) is 24.2 Å². The molecule has 21 heavy (non-hydrogen) atoms. The Labute approximate surface area is 131 Å². The van der Waals surface area contributed by atoms with Crippen LogP contribution in [0.3, 0.4) is 0 Å². The number of nitrogens with one attached hydrogen (secondary N) is 1. The van der Waals surface area contributed by atoms with Crippen LogP contribution in [-0.2, 0) is 16.4 Å². The van der Waals surface area contributed by atoms with Crippen LogP contribution in [0.15, 0.2) is 16.3 Å². The van der Waals surface area contributed by atoms with Gasteiger partial charge in [-0.1, -0.05) is 6.92 Å². The van der Waals surface area contributed by atoms with Gasteiger partial charge in [-0.25, -0.2) is 8.42 Å². The third-order valence-electron chi connectivity index (χ3n) is 4.38. The van der Waals surface area contributed by atoms with Crippen LogP contribution in [0.25, 0.3) is 0 Å². The first-order valence-electron chi connectivity index (χ1n) is 7.95. The minimum atomic E-state index is -3.28. The zero-order valence-electron chi connectivity index (χ0n) is 12.5. The molecule has 118 valence electrons. The zero-order chi connectivity index (χ0) is 14.9. The number of hydrogen-bond acceptors (Lipinski definition) is 4. The van der Waals surface area contributed by atoms with E-state index in [0.29, 0.717) is 16.8 Å². The Bertz CT molecular complexity index is 578. The summed E-state index contributed by atoms with van der Waals surface area (Å²) < 4.78 is 27.7. The smallest absolute Gasteiger partial charge is 0.252 e. The maximum Gasteiger partial charge on any atom is 0.252 e. The Morgan fingerprint density at radius 3 is 2.86 bits per heavy atom. The van der Waals surface area contributed by atoms with Gasteiger partial charge in [-0.15, -0.1) is 11.3 Å². The molecule has 2 heterocycles. The lowest BCUT2D eigenvalue weighted by atomic mass is 10.2. The SMILES string of the molecule is CCC1CCCN1S(=O)(=O)c1ccc(CCNC2CC2)s1. The van der Waals surface area contributed by atoms with Crippen molar-refractivity contribution in [3.8, 4) is 0 Å². The lowest BCUT2D eigenvalue weighted by Crippen LogP contribution is -2.34.